The fourth-order valence-electron chi connectivity index (χ4n) is 1.62. The van der Waals surface area contributed by atoms with E-state index in [2.05, 4.69) is 27.6 Å². The zero-order valence-electron chi connectivity index (χ0n) is 10.8. The molecule has 0 aliphatic rings. The lowest BCUT2D eigenvalue weighted by Crippen LogP contribution is -2.17. The molecule has 0 aliphatic carbocycles. The summed E-state index contributed by atoms with van der Waals surface area (Å²) in [5, 5.41) is 0. The van der Waals surface area contributed by atoms with Crippen molar-refractivity contribution in [1.82, 2.24) is 15.0 Å². The molecule has 2 aromatic rings. The van der Waals surface area contributed by atoms with Gasteiger partial charge in [0.2, 0.25) is 7.59 Å². The van der Waals surface area contributed by atoms with Crippen molar-refractivity contribution in [2.75, 3.05) is 0 Å². The maximum Gasteiger partial charge on any atom is 0.250 e. The average Bonchev–Trinajstić information content (AvgIpc) is 2.39. The van der Waals surface area contributed by atoms with Gasteiger partial charge < -0.3 is 0 Å². The van der Waals surface area contributed by atoms with E-state index < -0.39 is 7.59 Å². The van der Waals surface area contributed by atoms with E-state index >= 15 is 0 Å². The largest absolute Gasteiger partial charge is 0.250 e. The Hall–Kier alpha value is 0.320. The zero-order chi connectivity index (χ0) is 16.7. The third-order valence-corrected chi connectivity index (χ3v) is 4.19. The van der Waals surface area contributed by atoms with Crippen molar-refractivity contribution >= 4 is 82.2 Å². The number of rotatable bonds is 1. The van der Waals surface area contributed by atoms with Crippen LogP contribution in [0, 0.1) is 6.92 Å². The summed E-state index contributed by atoms with van der Waals surface area (Å²) < 4.78 is -3.76. The molecule has 1 aromatic heterocycles. The van der Waals surface area contributed by atoms with Crippen molar-refractivity contribution in [2.45, 2.75) is 19.4 Å². The summed E-state index contributed by atoms with van der Waals surface area (Å²) in [6, 6.07) is 5.40. The van der Waals surface area contributed by atoms with Gasteiger partial charge in [0, 0.05) is 10.5 Å². The molecular formula is C12H7Cl6N3S. The van der Waals surface area contributed by atoms with Crippen molar-refractivity contribution in [1.29, 1.82) is 0 Å². The Morgan fingerprint density at radius 2 is 1.36 bits per heavy atom. The first-order chi connectivity index (χ1) is 10.00. The molecule has 0 spiro atoms. The third-order valence-electron chi connectivity index (χ3n) is 2.69. The minimum absolute atomic E-state index is 0.132. The molecule has 2 rings (SSSR count). The summed E-state index contributed by atoms with van der Waals surface area (Å²) in [7, 11) is 0. The van der Waals surface area contributed by atoms with Crippen molar-refractivity contribution in [3.8, 4) is 11.4 Å². The molecule has 0 N–H and O–H groups in total. The van der Waals surface area contributed by atoms with Gasteiger partial charge in [0.05, 0.1) is 0 Å². The van der Waals surface area contributed by atoms with Crippen LogP contribution in [0.25, 0.3) is 11.4 Å². The van der Waals surface area contributed by atoms with Gasteiger partial charge in [0.25, 0.3) is 0 Å². The fraction of sp³-hybridized carbons (Fsp3) is 0.250. The molecule has 0 fully saturated rings. The Bertz CT molecular complexity index is 679. The minimum atomic E-state index is -1.88. The lowest BCUT2D eigenvalue weighted by atomic mass is 10.1. The van der Waals surface area contributed by atoms with Crippen LogP contribution in [0.4, 0.5) is 0 Å². The Labute approximate surface area is 162 Å². The van der Waals surface area contributed by atoms with E-state index in [4.69, 9.17) is 69.6 Å². The van der Waals surface area contributed by atoms with E-state index in [9.17, 15) is 0 Å². The summed E-state index contributed by atoms with van der Waals surface area (Å²) in [6.45, 7) is 1.85. The number of nitrogens with zero attached hydrogens (tertiary/aromatic N) is 3. The molecule has 0 saturated carbocycles. The van der Waals surface area contributed by atoms with Crippen LogP contribution in [0.1, 0.15) is 17.2 Å². The number of halogens is 6. The molecule has 1 heterocycles. The lowest BCUT2D eigenvalue weighted by molar-refractivity contribution is 0.850. The molecule has 0 amide bonds. The highest BCUT2D eigenvalue weighted by Gasteiger charge is 2.34. The van der Waals surface area contributed by atoms with E-state index in [0.29, 0.717) is 5.56 Å². The molecule has 1 aromatic carbocycles. The van der Waals surface area contributed by atoms with E-state index in [-0.39, 0.29) is 17.5 Å². The van der Waals surface area contributed by atoms with Gasteiger partial charge in [-0.3, -0.25) is 0 Å². The lowest BCUT2D eigenvalue weighted by Gasteiger charge is -2.16. The molecule has 0 saturated heterocycles. The fourth-order valence-corrected chi connectivity index (χ4v) is 2.33. The van der Waals surface area contributed by atoms with Crippen LogP contribution in [0.5, 0.6) is 0 Å². The van der Waals surface area contributed by atoms with Crippen LogP contribution in [0.2, 0.25) is 0 Å². The standard InChI is InChI=1S/C12H7Cl6N3S/c1-5-6(3-2-4-7(5)22)8-19-9(11(13,14)15)21-10(20-8)12(16,17)18/h2-4,22H,1H3. The molecule has 0 aliphatic heterocycles. The van der Waals surface area contributed by atoms with Crippen LogP contribution >= 0.6 is 82.2 Å². The molecule has 10 heteroatoms. The predicted molar refractivity (Wildman–Crippen MR) is 95.7 cm³/mol. The second-order valence-electron chi connectivity index (χ2n) is 4.25. The zero-order valence-corrected chi connectivity index (χ0v) is 16.2. The van der Waals surface area contributed by atoms with E-state index in [0.717, 1.165) is 10.5 Å². The topological polar surface area (TPSA) is 38.7 Å². The summed E-state index contributed by atoms with van der Waals surface area (Å²) >= 11 is 39.4. The van der Waals surface area contributed by atoms with Crippen LogP contribution in [0.3, 0.4) is 0 Å². The number of thiol groups is 1. The van der Waals surface area contributed by atoms with Gasteiger partial charge in [-0.05, 0) is 18.6 Å². The summed E-state index contributed by atoms with van der Waals surface area (Å²) in [5.41, 5.74) is 1.50. The highest BCUT2D eigenvalue weighted by atomic mass is 35.6. The van der Waals surface area contributed by atoms with Gasteiger partial charge in [-0.15, -0.1) is 12.6 Å². The minimum Gasteiger partial charge on any atom is -0.209 e. The molecule has 0 radical (unpaired) electrons. The van der Waals surface area contributed by atoms with Gasteiger partial charge in [0.15, 0.2) is 17.5 Å². The smallest absolute Gasteiger partial charge is 0.209 e. The van der Waals surface area contributed by atoms with Crippen molar-refractivity contribution in [2.24, 2.45) is 0 Å². The van der Waals surface area contributed by atoms with E-state index in [1.807, 2.05) is 13.0 Å². The van der Waals surface area contributed by atoms with Crippen LogP contribution in [-0.4, -0.2) is 15.0 Å². The van der Waals surface area contributed by atoms with Crippen molar-refractivity contribution < 1.29 is 0 Å². The summed E-state index contributed by atoms with van der Waals surface area (Å²) in [6.07, 6.45) is 0. The second-order valence-corrected chi connectivity index (χ2v) is 9.30. The highest BCUT2D eigenvalue weighted by Crippen LogP contribution is 2.41. The van der Waals surface area contributed by atoms with Crippen molar-refractivity contribution in [3.63, 3.8) is 0 Å². The quantitative estimate of drug-likeness (QED) is 0.453. The summed E-state index contributed by atoms with van der Waals surface area (Å²) in [4.78, 5) is 13.0. The Balaban J connectivity index is 2.73. The monoisotopic (exact) mass is 435 g/mol. The predicted octanol–water partition coefficient (Wildman–Crippen LogP) is 5.79. The van der Waals surface area contributed by atoms with Crippen LogP contribution in [-0.2, 0) is 7.59 Å². The van der Waals surface area contributed by atoms with Crippen LogP contribution in [0.15, 0.2) is 23.1 Å². The van der Waals surface area contributed by atoms with E-state index in [1.165, 1.54) is 0 Å². The van der Waals surface area contributed by atoms with Gasteiger partial charge in [0.1, 0.15) is 0 Å². The molecule has 3 nitrogen and oxygen atoms in total. The summed E-state index contributed by atoms with van der Waals surface area (Å²) in [5.74, 6) is -0.0355. The number of aromatic nitrogens is 3. The third kappa shape index (κ3) is 4.23. The molecule has 118 valence electrons. The molecule has 0 unspecified atom stereocenters. The normalized spacial score (nSPS) is 12.5. The first kappa shape index (κ1) is 18.7. The molecule has 22 heavy (non-hydrogen) atoms. The number of hydrogen-bond donors (Lipinski definition) is 1. The number of hydrogen-bond acceptors (Lipinski definition) is 4. The van der Waals surface area contributed by atoms with Gasteiger partial charge in [-0.2, -0.15) is 0 Å². The van der Waals surface area contributed by atoms with Crippen LogP contribution < -0.4 is 0 Å². The van der Waals surface area contributed by atoms with Gasteiger partial charge in [-0.25, -0.2) is 15.0 Å². The molecular weight excluding hydrogens is 431 g/mol. The maximum absolute atomic E-state index is 5.84. The molecule has 0 bridgehead atoms. The first-order valence-corrected chi connectivity index (χ1v) is 8.41. The Morgan fingerprint density at radius 3 is 1.82 bits per heavy atom. The highest BCUT2D eigenvalue weighted by molar-refractivity contribution is 7.80. The molecule has 0 atom stereocenters. The van der Waals surface area contributed by atoms with Gasteiger partial charge in [-0.1, -0.05) is 81.7 Å². The maximum atomic E-state index is 5.84. The SMILES string of the molecule is Cc1c(S)cccc1-c1nc(C(Cl)(Cl)Cl)nc(C(Cl)(Cl)Cl)n1. The van der Waals surface area contributed by atoms with Gasteiger partial charge >= 0.3 is 0 Å². The first-order valence-electron chi connectivity index (χ1n) is 5.69. The number of alkyl halides is 6. The Morgan fingerprint density at radius 1 is 0.864 bits per heavy atom. The number of benzene rings is 1. The second kappa shape index (κ2) is 6.67. The van der Waals surface area contributed by atoms with E-state index in [1.54, 1.807) is 12.1 Å². The average molecular weight is 438 g/mol. The van der Waals surface area contributed by atoms with Crippen molar-refractivity contribution in [3.05, 3.63) is 35.4 Å². The Kier molecular flexibility index (Phi) is 5.66.